The summed E-state index contributed by atoms with van der Waals surface area (Å²) < 4.78 is 17.3. The number of likely N-dealkylation sites (N-methyl/N-ethyl adjacent to an activating group) is 1. The second-order valence-electron chi connectivity index (χ2n) is 17.4. The number of esters is 2. The van der Waals surface area contributed by atoms with Crippen molar-refractivity contribution in [3.63, 3.8) is 0 Å². The molecule has 56 heavy (non-hydrogen) atoms. The van der Waals surface area contributed by atoms with E-state index in [-0.39, 0.29) is 36.2 Å². The van der Waals surface area contributed by atoms with Gasteiger partial charge in [-0.05, 0) is 38.5 Å². The predicted octanol–water partition coefficient (Wildman–Crippen LogP) is 13.1. The van der Waals surface area contributed by atoms with Crippen molar-refractivity contribution in [3.05, 3.63) is 12.2 Å². The molecule has 0 saturated carbocycles. The van der Waals surface area contributed by atoms with Gasteiger partial charge in [0.15, 0.2) is 12.1 Å². The molecule has 0 aromatic heterocycles. The van der Waals surface area contributed by atoms with Gasteiger partial charge in [-0.3, -0.25) is 9.59 Å². The molecule has 0 aromatic carbocycles. The van der Waals surface area contributed by atoms with Gasteiger partial charge in [0.25, 0.3) is 0 Å². The molecule has 0 radical (unpaired) electrons. The molecular formula is C48H92NO7+. The van der Waals surface area contributed by atoms with Gasteiger partial charge in [-0.2, -0.15) is 0 Å². The van der Waals surface area contributed by atoms with Crippen molar-refractivity contribution in [2.45, 2.75) is 238 Å². The van der Waals surface area contributed by atoms with E-state index in [1.165, 1.54) is 154 Å². The number of rotatable bonds is 43. The van der Waals surface area contributed by atoms with E-state index in [1.54, 1.807) is 0 Å². The van der Waals surface area contributed by atoms with Gasteiger partial charge in [0.05, 0.1) is 34.4 Å². The first kappa shape index (κ1) is 54.1. The van der Waals surface area contributed by atoms with Gasteiger partial charge in [-0.25, -0.2) is 4.79 Å². The van der Waals surface area contributed by atoms with Crippen LogP contribution in [0.2, 0.25) is 0 Å². The van der Waals surface area contributed by atoms with Gasteiger partial charge >= 0.3 is 17.9 Å². The average molecular weight is 795 g/mol. The Bertz CT molecular complexity index is 931. The molecule has 8 heteroatoms. The molecule has 1 N–H and O–H groups in total. The number of nitrogens with zero attached hydrogens (tertiary/aromatic N) is 1. The minimum Gasteiger partial charge on any atom is -0.477 e. The van der Waals surface area contributed by atoms with Crippen LogP contribution in [0, 0.1) is 0 Å². The standard InChI is InChI=1S/C48H91NO7/c1-6-8-10-12-14-16-18-20-21-22-23-24-25-27-29-31-33-35-37-39-47(51)56-44(42-54-41-40-45(48(52)53)49(3,4)5)43-55-46(50)38-36-34-32-30-28-26-19-17-15-13-11-9-7-2/h22-23,44-45H,6-21,24-43H2,1-5H3/p+1/b23-22+. The maximum atomic E-state index is 12.7. The van der Waals surface area contributed by atoms with Gasteiger partial charge in [-0.1, -0.05) is 180 Å². The number of carbonyl (C=O) groups is 3. The summed E-state index contributed by atoms with van der Waals surface area (Å²) in [6, 6.07) is -0.611. The van der Waals surface area contributed by atoms with E-state index in [9.17, 15) is 19.5 Å². The summed E-state index contributed by atoms with van der Waals surface area (Å²) in [7, 11) is 5.54. The molecule has 0 fully saturated rings. The number of carbonyl (C=O) groups excluding carboxylic acids is 2. The van der Waals surface area contributed by atoms with E-state index in [4.69, 9.17) is 14.2 Å². The first-order valence-electron chi connectivity index (χ1n) is 23.7. The van der Waals surface area contributed by atoms with Crippen LogP contribution in [0.25, 0.3) is 0 Å². The highest BCUT2D eigenvalue weighted by molar-refractivity contribution is 5.72. The number of allylic oxidation sites excluding steroid dienone is 2. The van der Waals surface area contributed by atoms with E-state index < -0.39 is 18.1 Å². The van der Waals surface area contributed by atoms with Crippen LogP contribution < -0.4 is 0 Å². The first-order chi connectivity index (χ1) is 27.1. The fraction of sp³-hybridized carbons (Fsp3) is 0.896. The second kappa shape index (κ2) is 39.9. The fourth-order valence-electron chi connectivity index (χ4n) is 7.21. The summed E-state index contributed by atoms with van der Waals surface area (Å²) in [6.45, 7) is 4.76. The molecule has 2 atom stereocenters. The summed E-state index contributed by atoms with van der Waals surface area (Å²) in [5.41, 5.74) is 0. The van der Waals surface area contributed by atoms with Gasteiger partial charge in [0.1, 0.15) is 6.61 Å². The van der Waals surface area contributed by atoms with Crippen LogP contribution >= 0.6 is 0 Å². The summed E-state index contributed by atoms with van der Waals surface area (Å²) in [6.07, 6.45) is 42.5. The van der Waals surface area contributed by atoms with Gasteiger partial charge in [-0.15, -0.1) is 0 Å². The molecule has 0 aliphatic carbocycles. The van der Waals surface area contributed by atoms with Crippen molar-refractivity contribution in [3.8, 4) is 0 Å². The number of carboxylic acids is 1. The van der Waals surface area contributed by atoms with Gasteiger partial charge < -0.3 is 23.8 Å². The highest BCUT2D eigenvalue weighted by Gasteiger charge is 2.31. The number of aliphatic carboxylic acids is 1. The number of unbranched alkanes of at least 4 members (excludes halogenated alkanes) is 27. The lowest BCUT2D eigenvalue weighted by molar-refractivity contribution is -0.887. The number of carboxylic acid groups (broad SMARTS) is 1. The van der Waals surface area contributed by atoms with Crippen molar-refractivity contribution < 1.29 is 38.2 Å². The molecule has 0 bridgehead atoms. The lowest BCUT2D eigenvalue weighted by Crippen LogP contribution is -2.50. The van der Waals surface area contributed by atoms with E-state index in [0.717, 1.165) is 38.5 Å². The zero-order valence-corrected chi connectivity index (χ0v) is 37.6. The lowest BCUT2D eigenvalue weighted by Gasteiger charge is -2.31. The van der Waals surface area contributed by atoms with E-state index >= 15 is 0 Å². The highest BCUT2D eigenvalue weighted by atomic mass is 16.6. The Kier molecular flexibility index (Phi) is 38.5. The highest BCUT2D eigenvalue weighted by Crippen LogP contribution is 2.15. The largest absolute Gasteiger partial charge is 0.477 e. The summed E-state index contributed by atoms with van der Waals surface area (Å²) in [5, 5.41) is 9.63. The van der Waals surface area contributed by atoms with Gasteiger partial charge in [0, 0.05) is 19.3 Å². The fourth-order valence-corrected chi connectivity index (χ4v) is 7.21. The molecule has 0 rings (SSSR count). The molecule has 0 spiro atoms. The summed E-state index contributed by atoms with van der Waals surface area (Å²) >= 11 is 0. The Balaban J connectivity index is 4.26. The van der Waals surface area contributed by atoms with E-state index in [2.05, 4.69) is 26.0 Å². The minimum atomic E-state index is -0.872. The average Bonchev–Trinajstić information content (AvgIpc) is 3.15. The molecule has 0 aliphatic heterocycles. The molecule has 0 aliphatic rings. The van der Waals surface area contributed by atoms with Crippen LogP contribution in [0.15, 0.2) is 12.2 Å². The Hall–Kier alpha value is -1.93. The molecule has 0 heterocycles. The smallest absolute Gasteiger partial charge is 0.362 e. The normalized spacial score (nSPS) is 12.9. The first-order valence-corrected chi connectivity index (χ1v) is 23.7. The molecule has 2 unspecified atom stereocenters. The third kappa shape index (κ3) is 37.6. The zero-order chi connectivity index (χ0) is 41.4. The Morgan fingerprint density at radius 1 is 0.518 bits per heavy atom. The third-order valence-corrected chi connectivity index (χ3v) is 10.9. The molecule has 330 valence electrons. The number of ether oxygens (including phenoxy) is 3. The lowest BCUT2D eigenvalue weighted by atomic mass is 10.0. The molecule has 0 aromatic rings. The zero-order valence-electron chi connectivity index (χ0n) is 37.6. The maximum absolute atomic E-state index is 12.7. The maximum Gasteiger partial charge on any atom is 0.362 e. The van der Waals surface area contributed by atoms with Crippen molar-refractivity contribution in [2.75, 3.05) is 41.0 Å². The molecule has 0 amide bonds. The summed E-state index contributed by atoms with van der Waals surface area (Å²) in [5.74, 6) is -1.46. The number of hydrogen-bond acceptors (Lipinski definition) is 6. The molecule has 8 nitrogen and oxygen atoms in total. The van der Waals surface area contributed by atoms with Crippen molar-refractivity contribution in [2.24, 2.45) is 0 Å². The van der Waals surface area contributed by atoms with Crippen LogP contribution in [0.3, 0.4) is 0 Å². The monoisotopic (exact) mass is 795 g/mol. The number of quaternary nitrogens is 1. The van der Waals surface area contributed by atoms with Crippen molar-refractivity contribution >= 4 is 17.9 Å². The third-order valence-electron chi connectivity index (χ3n) is 10.9. The van der Waals surface area contributed by atoms with Crippen molar-refractivity contribution in [1.29, 1.82) is 0 Å². The van der Waals surface area contributed by atoms with Crippen molar-refractivity contribution in [1.82, 2.24) is 0 Å². The van der Waals surface area contributed by atoms with E-state index in [1.807, 2.05) is 21.1 Å². The SMILES string of the molecule is CCCCCCCCCC/C=C/CCCCCCCCCC(=O)OC(COCCC(C(=O)O)[N+](C)(C)C)COC(=O)CCCCCCCCCCCCCCC. The second-order valence-corrected chi connectivity index (χ2v) is 17.4. The Morgan fingerprint density at radius 3 is 1.29 bits per heavy atom. The van der Waals surface area contributed by atoms with E-state index in [0.29, 0.717) is 19.3 Å². The predicted molar refractivity (Wildman–Crippen MR) is 234 cm³/mol. The van der Waals surface area contributed by atoms with Crippen LogP contribution in [0.4, 0.5) is 0 Å². The van der Waals surface area contributed by atoms with Crippen LogP contribution in [-0.4, -0.2) is 80.6 Å². The summed E-state index contributed by atoms with van der Waals surface area (Å²) in [4.78, 5) is 37.0. The van der Waals surface area contributed by atoms with Crippen LogP contribution in [0.1, 0.15) is 226 Å². The number of hydrogen-bond donors (Lipinski definition) is 1. The quantitative estimate of drug-likeness (QED) is 0.0284. The Morgan fingerprint density at radius 2 is 0.893 bits per heavy atom. The Labute approximate surface area is 346 Å². The van der Waals surface area contributed by atoms with Crippen LogP contribution in [-0.2, 0) is 28.6 Å². The molecule has 0 saturated heterocycles. The molecular weight excluding hydrogens is 703 g/mol. The van der Waals surface area contributed by atoms with Crippen LogP contribution in [0.5, 0.6) is 0 Å². The topological polar surface area (TPSA) is 99.1 Å². The van der Waals surface area contributed by atoms with Gasteiger partial charge in [0.2, 0.25) is 0 Å². The minimum absolute atomic E-state index is 0.0465.